The van der Waals surface area contributed by atoms with Crippen LogP contribution in [0.2, 0.25) is 0 Å². The van der Waals surface area contributed by atoms with Crippen molar-refractivity contribution in [1.29, 1.82) is 0 Å². The highest BCUT2D eigenvalue weighted by molar-refractivity contribution is 9.10. The minimum Gasteiger partial charge on any atom is -0.506 e. The highest BCUT2D eigenvalue weighted by atomic mass is 79.9. The van der Waals surface area contributed by atoms with Crippen LogP contribution in [-0.2, 0) is 13.2 Å². The van der Waals surface area contributed by atoms with E-state index in [0.717, 1.165) is 16.8 Å². The van der Waals surface area contributed by atoms with Gasteiger partial charge in [-0.2, -0.15) is 0 Å². The van der Waals surface area contributed by atoms with Crippen LogP contribution in [0.15, 0.2) is 40.9 Å². The molecule has 0 aliphatic rings. The molecule has 0 saturated carbocycles. The molecule has 21 heavy (non-hydrogen) atoms. The van der Waals surface area contributed by atoms with Crippen molar-refractivity contribution in [2.45, 2.75) is 20.1 Å². The smallest absolute Gasteiger partial charge is 0.134 e. The van der Waals surface area contributed by atoms with Crippen LogP contribution in [0.3, 0.4) is 0 Å². The summed E-state index contributed by atoms with van der Waals surface area (Å²) in [5.74, 6) is 0.925. The number of phenols is 1. The van der Waals surface area contributed by atoms with Crippen molar-refractivity contribution in [2.24, 2.45) is 0 Å². The van der Waals surface area contributed by atoms with E-state index in [2.05, 4.69) is 21.2 Å². The predicted molar refractivity (Wildman–Crippen MR) is 86.7 cm³/mol. The van der Waals surface area contributed by atoms with E-state index in [1.807, 2.05) is 37.3 Å². The number of aliphatic hydroxyl groups is 1. The van der Waals surface area contributed by atoms with Gasteiger partial charge < -0.3 is 20.3 Å². The monoisotopic (exact) mass is 351 g/mol. The zero-order chi connectivity index (χ0) is 15.2. The van der Waals surface area contributed by atoms with Gasteiger partial charge in [0.05, 0.1) is 17.7 Å². The molecule has 0 unspecified atom stereocenters. The topological polar surface area (TPSA) is 61.7 Å². The fourth-order valence-electron chi connectivity index (χ4n) is 2.01. The fourth-order valence-corrected chi connectivity index (χ4v) is 2.42. The summed E-state index contributed by atoms with van der Waals surface area (Å²) in [6.07, 6.45) is 0. The molecule has 0 heterocycles. The number of aromatic hydroxyl groups is 1. The Labute approximate surface area is 132 Å². The summed E-state index contributed by atoms with van der Waals surface area (Å²) in [5, 5.41) is 22.6. The SMILES string of the molecule is CCOc1ccc(NCc2cccc(Br)c2O)cc1CO. The standard InChI is InChI=1S/C16H18BrNO3/c1-2-21-15-7-6-13(8-12(15)10-19)18-9-11-4-3-5-14(17)16(11)20/h3-8,18-20H,2,9-10H2,1H3. The molecule has 112 valence electrons. The molecule has 3 N–H and O–H groups in total. The highest BCUT2D eigenvalue weighted by Gasteiger charge is 2.07. The number of para-hydroxylation sites is 1. The molecule has 0 radical (unpaired) electrons. The number of hydrogen-bond acceptors (Lipinski definition) is 4. The van der Waals surface area contributed by atoms with Crippen molar-refractivity contribution >= 4 is 21.6 Å². The first-order chi connectivity index (χ1) is 10.2. The molecule has 2 aromatic carbocycles. The van der Waals surface area contributed by atoms with Crippen molar-refractivity contribution in [3.63, 3.8) is 0 Å². The van der Waals surface area contributed by atoms with Crippen LogP contribution < -0.4 is 10.1 Å². The summed E-state index contributed by atoms with van der Waals surface area (Å²) in [6.45, 7) is 2.88. The summed E-state index contributed by atoms with van der Waals surface area (Å²) in [4.78, 5) is 0. The van der Waals surface area contributed by atoms with Crippen LogP contribution in [0.4, 0.5) is 5.69 Å². The lowest BCUT2D eigenvalue weighted by Gasteiger charge is -2.13. The third-order valence-electron chi connectivity index (χ3n) is 3.08. The number of benzene rings is 2. The average molecular weight is 352 g/mol. The molecule has 0 aromatic heterocycles. The van der Waals surface area contributed by atoms with Gasteiger partial charge in [0.2, 0.25) is 0 Å². The van der Waals surface area contributed by atoms with Gasteiger partial charge in [-0.1, -0.05) is 12.1 Å². The Kier molecular flexibility index (Phi) is 5.47. The lowest BCUT2D eigenvalue weighted by molar-refractivity contribution is 0.267. The number of anilines is 1. The lowest BCUT2D eigenvalue weighted by atomic mass is 10.1. The molecule has 0 atom stereocenters. The van der Waals surface area contributed by atoms with Crippen LogP contribution in [0.5, 0.6) is 11.5 Å². The van der Waals surface area contributed by atoms with E-state index in [-0.39, 0.29) is 12.4 Å². The Bertz CT molecular complexity index is 616. The third kappa shape index (κ3) is 3.89. The number of nitrogens with one attached hydrogen (secondary N) is 1. The molecule has 2 rings (SSSR count). The van der Waals surface area contributed by atoms with E-state index >= 15 is 0 Å². The number of aliphatic hydroxyl groups excluding tert-OH is 1. The highest BCUT2D eigenvalue weighted by Crippen LogP contribution is 2.28. The van der Waals surface area contributed by atoms with E-state index in [1.165, 1.54) is 0 Å². The van der Waals surface area contributed by atoms with Gasteiger partial charge in [0.1, 0.15) is 11.5 Å². The maximum Gasteiger partial charge on any atom is 0.134 e. The Morgan fingerprint density at radius 2 is 2.00 bits per heavy atom. The second kappa shape index (κ2) is 7.33. The van der Waals surface area contributed by atoms with Gasteiger partial charge in [-0.05, 0) is 47.1 Å². The zero-order valence-corrected chi connectivity index (χ0v) is 13.4. The van der Waals surface area contributed by atoms with Gasteiger partial charge >= 0.3 is 0 Å². The molecule has 0 amide bonds. The van der Waals surface area contributed by atoms with Gasteiger partial charge in [0.25, 0.3) is 0 Å². The summed E-state index contributed by atoms with van der Waals surface area (Å²) in [5.41, 5.74) is 2.39. The second-order valence-electron chi connectivity index (χ2n) is 4.51. The quantitative estimate of drug-likeness (QED) is 0.743. The maximum absolute atomic E-state index is 9.94. The van der Waals surface area contributed by atoms with Crippen LogP contribution >= 0.6 is 15.9 Å². The molecule has 2 aromatic rings. The summed E-state index contributed by atoms with van der Waals surface area (Å²) in [6, 6.07) is 11.1. The molecule has 0 spiro atoms. The van der Waals surface area contributed by atoms with Crippen molar-refractivity contribution in [3.05, 3.63) is 52.0 Å². The molecule has 0 aliphatic heterocycles. The van der Waals surface area contributed by atoms with E-state index in [4.69, 9.17) is 4.74 Å². The first kappa shape index (κ1) is 15.7. The Balaban J connectivity index is 2.11. The molecular weight excluding hydrogens is 334 g/mol. The molecule has 0 saturated heterocycles. The maximum atomic E-state index is 9.94. The van der Waals surface area contributed by atoms with Crippen LogP contribution in [0.25, 0.3) is 0 Å². The summed E-state index contributed by atoms with van der Waals surface area (Å²) >= 11 is 3.29. The van der Waals surface area contributed by atoms with Gasteiger partial charge in [-0.3, -0.25) is 0 Å². The molecule has 0 fully saturated rings. The average Bonchev–Trinajstić information content (AvgIpc) is 2.50. The Hall–Kier alpha value is -1.72. The van der Waals surface area contributed by atoms with Crippen LogP contribution in [0.1, 0.15) is 18.1 Å². The minimum atomic E-state index is -0.0764. The van der Waals surface area contributed by atoms with Gasteiger partial charge in [-0.15, -0.1) is 0 Å². The number of halogens is 1. The van der Waals surface area contributed by atoms with E-state index < -0.39 is 0 Å². The van der Waals surface area contributed by atoms with Crippen LogP contribution in [-0.4, -0.2) is 16.8 Å². The number of ether oxygens (including phenoxy) is 1. The van der Waals surface area contributed by atoms with E-state index in [0.29, 0.717) is 23.4 Å². The molecule has 0 aliphatic carbocycles. The first-order valence-corrected chi connectivity index (χ1v) is 7.51. The minimum absolute atomic E-state index is 0.0764. The van der Waals surface area contributed by atoms with Gasteiger partial charge in [-0.25, -0.2) is 0 Å². The largest absolute Gasteiger partial charge is 0.506 e. The molecular formula is C16H18BrNO3. The normalized spacial score (nSPS) is 10.4. The second-order valence-corrected chi connectivity index (χ2v) is 5.37. The molecule has 4 nitrogen and oxygen atoms in total. The zero-order valence-electron chi connectivity index (χ0n) is 11.8. The number of rotatable bonds is 6. The van der Waals surface area contributed by atoms with Crippen molar-refractivity contribution < 1.29 is 14.9 Å². The van der Waals surface area contributed by atoms with E-state index in [9.17, 15) is 10.2 Å². The number of hydrogen-bond donors (Lipinski definition) is 3. The number of phenolic OH excluding ortho intramolecular Hbond substituents is 1. The lowest BCUT2D eigenvalue weighted by Crippen LogP contribution is -2.02. The van der Waals surface area contributed by atoms with Crippen molar-refractivity contribution in [1.82, 2.24) is 0 Å². The predicted octanol–water partition coefficient (Wildman–Crippen LogP) is 3.66. The van der Waals surface area contributed by atoms with Gasteiger partial charge in [0, 0.05) is 23.4 Å². The third-order valence-corrected chi connectivity index (χ3v) is 3.72. The fraction of sp³-hybridized carbons (Fsp3) is 0.250. The van der Waals surface area contributed by atoms with Crippen molar-refractivity contribution in [2.75, 3.05) is 11.9 Å². The van der Waals surface area contributed by atoms with E-state index in [1.54, 1.807) is 6.07 Å². The molecule has 5 heteroatoms. The van der Waals surface area contributed by atoms with Crippen molar-refractivity contribution in [3.8, 4) is 11.5 Å². The first-order valence-electron chi connectivity index (χ1n) is 6.72. The molecule has 0 bridgehead atoms. The van der Waals surface area contributed by atoms with Gasteiger partial charge in [0.15, 0.2) is 0 Å². The summed E-state index contributed by atoms with van der Waals surface area (Å²) in [7, 11) is 0. The van der Waals surface area contributed by atoms with Crippen LogP contribution in [0, 0.1) is 0 Å². The Morgan fingerprint density at radius 1 is 1.19 bits per heavy atom. The Morgan fingerprint density at radius 3 is 2.71 bits per heavy atom. The summed E-state index contributed by atoms with van der Waals surface area (Å²) < 4.78 is 6.12.